The van der Waals surface area contributed by atoms with Gasteiger partial charge in [-0.2, -0.15) is 0 Å². The molecule has 2 fully saturated rings. The van der Waals surface area contributed by atoms with Gasteiger partial charge in [-0.25, -0.2) is 0 Å². The third-order valence-corrected chi connectivity index (χ3v) is 4.90. The monoisotopic (exact) mass is 250 g/mol. The first-order chi connectivity index (χ1) is 8.34. The third kappa shape index (κ3) is 3.09. The number of hydrogen-bond donors (Lipinski definition) is 1. The topological polar surface area (TPSA) is 15.3 Å². The average molecular weight is 250 g/mol. The van der Waals surface area contributed by atoms with E-state index < -0.39 is 0 Å². The number of nitrogens with one attached hydrogen (secondary N) is 1. The molecule has 1 aromatic rings. The minimum absolute atomic E-state index is 0.627. The highest BCUT2D eigenvalue weighted by molar-refractivity contribution is 7.10. The van der Waals surface area contributed by atoms with Crippen LogP contribution in [0.3, 0.4) is 0 Å². The Morgan fingerprint density at radius 1 is 1.41 bits per heavy atom. The summed E-state index contributed by atoms with van der Waals surface area (Å²) in [6.07, 6.45) is 5.64. The van der Waals surface area contributed by atoms with E-state index in [1.54, 1.807) is 0 Å². The van der Waals surface area contributed by atoms with E-state index in [1.807, 2.05) is 11.3 Å². The Bertz CT molecular complexity index is 341. The van der Waals surface area contributed by atoms with Gasteiger partial charge >= 0.3 is 0 Å². The van der Waals surface area contributed by atoms with E-state index in [2.05, 4.69) is 34.8 Å². The van der Waals surface area contributed by atoms with Gasteiger partial charge in [0.15, 0.2) is 0 Å². The van der Waals surface area contributed by atoms with Crippen LogP contribution in [0.4, 0.5) is 0 Å². The molecule has 0 saturated heterocycles. The molecule has 0 radical (unpaired) electrons. The summed E-state index contributed by atoms with van der Waals surface area (Å²) >= 11 is 1.90. The van der Waals surface area contributed by atoms with Crippen LogP contribution in [-0.4, -0.2) is 31.1 Å². The van der Waals surface area contributed by atoms with Crippen molar-refractivity contribution in [3.63, 3.8) is 0 Å². The molecule has 3 heteroatoms. The second kappa shape index (κ2) is 5.09. The molecule has 2 aliphatic rings. The lowest BCUT2D eigenvalue weighted by Gasteiger charge is -2.20. The summed E-state index contributed by atoms with van der Waals surface area (Å²) in [5.74, 6) is 0.903. The number of nitrogens with zero attached hydrogens (tertiary/aromatic N) is 1. The summed E-state index contributed by atoms with van der Waals surface area (Å²) in [7, 11) is 2.26. The second-order valence-electron chi connectivity index (χ2n) is 5.50. The van der Waals surface area contributed by atoms with Crippen LogP contribution in [0.15, 0.2) is 17.5 Å². The summed E-state index contributed by atoms with van der Waals surface area (Å²) in [6, 6.07) is 5.97. The molecule has 1 aromatic heterocycles. The molecule has 0 bridgehead atoms. The van der Waals surface area contributed by atoms with Gasteiger partial charge in [0.1, 0.15) is 0 Å². The number of rotatable bonds is 7. The first-order valence-corrected chi connectivity index (χ1v) is 7.69. The average Bonchev–Trinajstić information content (AvgIpc) is 3.23. The largest absolute Gasteiger partial charge is 0.308 e. The van der Waals surface area contributed by atoms with Crippen molar-refractivity contribution >= 4 is 11.3 Å². The van der Waals surface area contributed by atoms with Crippen molar-refractivity contribution in [1.29, 1.82) is 0 Å². The molecular formula is C14H22N2S. The van der Waals surface area contributed by atoms with Crippen LogP contribution in [0.2, 0.25) is 0 Å². The molecule has 2 saturated carbocycles. The van der Waals surface area contributed by atoms with Crippen LogP contribution in [-0.2, 0) is 0 Å². The van der Waals surface area contributed by atoms with Crippen molar-refractivity contribution in [3.8, 4) is 0 Å². The Balaban J connectivity index is 1.47. The highest BCUT2D eigenvalue weighted by Gasteiger charge is 2.32. The van der Waals surface area contributed by atoms with Crippen LogP contribution >= 0.6 is 11.3 Å². The molecule has 2 nitrogen and oxygen atoms in total. The fourth-order valence-electron chi connectivity index (χ4n) is 2.49. The van der Waals surface area contributed by atoms with Crippen molar-refractivity contribution in [1.82, 2.24) is 10.2 Å². The van der Waals surface area contributed by atoms with Gasteiger partial charge in [-0.1, -0.05) is 6.07 Å². The lowest BCUT2D eigenvalue weighted by Crippen LogP contribution is -2.33. The molecule has 3 rings (SSSR count). The van der Waals surface area contributed by atoms with E-state index >= 15 is 0 Å². The molecule has 1 heterocycles. The molecule has 1 atom stereocenters. The zero-order valence-electron chi connectivity index (χ0n) is 10.6. The normalized spacial score (nSPS) is 22.0. The fraction of sp³-hybridized carbons (Fsp3) is 0.714. The zero-order valence-corrected chi connectivity index (χ0v) is 11.4. The van der Waals surface area contributed by atoms with Crippen LogP contribution < -0.4 is 5.32 Å². The lowest BCUT2D eigenvalue weighted by atomic mass is 10.1. The van der Waals surface area contributed by atoms with Crippen molar-refractivity contribution < 1.29 is 0 Å². The van der Waals surface area contributed by atoms with Crippen molar-refractivity contribution in [2.45, 2.75) is 37.8 Å². The van der Waals surface area contributed by atoms with E-state index in [0.717, 1.165) is 18.5 Å². The predicted octanol–water partition coefficient (Wildman–Crippen LogP) is 2.88. The minimum atomic E-state index is 0.627. The molecule has 1 N–H and O–H groups in total. The van der Waals surface area contributed by atoms with Crippen molar-refractivity contribution in [2.75, 3.05) is 20.1 Å². The van der Waals surface area contributed by atoms with Crippen LogP contribution in [0.5, 0.6) is 0 Å². The first kappa shape index (κ1) is 11.7. The Labute approximate surface area is 108 Å². The molecule has 0 amide bonds. The molecule has 17 heavy (non-hydrogen) atoms. The highest BCUT2D eigenvalue weighted by atomic mass is 32.1. The Hall–Kier alpha value is -0.380. The van der Waals surface area contributed by atoms with Gasteiger partial charge in [-0.15, -0.1) is 11.3 Å². The molecular weight excluding hydrogens is 228 g/mol. The van der Waals surface area contributed by atoms with E-state index in [0.29, 0.717) is 6.04 Å². The number of thiophene rings is 1. The summed E-state index contributed by atoms with van der Waals surface area (Å²) < 4.78 is 0. The third-order valence-electron chi connectivity index (χ3n) is 3.94. The molecule has 2 aliphatic carbocycles. The van der Waals surface area contributed by atoms with E-state index in [4.69, 9.17) is 0 Å². The molecule has 1 unspecified atom stereocenters. The zero-order chi connectivity index (χ0) is 11.7. The summed E-state index contributed by atoms with van der Waals surface area (Å²) in [5, 5.41) is 5.96. The van der Waals surface area contributed by atoms with Crippen molar-refractivity contribution in [2.24, 2.45) is 5.92 Å². The highest BCUT2D eigenvalue weighted by Crippen LogP contribution is 2.42. The first-order valence-electron chi connectivity index (χ1n) is 6.81. The van der Waals surface area contributed by atoms with Gasteiger partial charge in [-0.3, -0.25) is 0 Å². The van der Waals surface area contributed by atoms with Gasteiger partial charge in [0.25, 0.3) is 0 Å². The quantitative estimate of drug-likeness (QED) is 0.800. The van der Waals surface area contributed by atoms with E-state index in [-0.39, 0.29) is 0 Å². The Kier molecular flexibility index (Phi) is 3.50. The van der Waals surface area contributed by atoms with Gasteiger partial charge in [-0.05, 0) is 50.1 Å². The SMILES string of the molecule is CN(CCNC(c1cccs1)C1CC1)C1CC1. The summed E-state index contributed by atoms with van der Waals surface area (Å²) in [4.78, 5) is 4.03. The standard InChI is InChI=1S/C14H22N2S/c1-16(12-6-7-12)9-8-15-14(11-4-5-11)13-3-2-10-17-13/h2-3,10-12,14-15H,4-9H2,1H3. The smallest absolute Gasteiger partial charge is 0.0443 e. The molecule has 94 valence electrons. The number of likely N-dealkylation sites (N-methyl/N-ethyl adjacent to an activating group) is 1. The molecule has 0 aromatic carbocycles. The van der Waals surface area contributed by atoms with Gasteiger partial charge in [0.2, 0.25) is 0 Å². The van der Waals surface area contributed by atoms with Gasteiger partial charge in [0.05, 0.1) is 0 Å². The van der Waals surface area contributed by atoms with Crippen LogP contribution in [0.25, 0.3) is 0 Å². The van der Waals surface area contributed by atoms with Gasteiger partial charge < -0.3 is 10.2 Å². The Morgan fingerprint density at radius 2 is 2.24 bits per heavy atom. The fourth-order valence-corrected chi connectivity index (χ4v) is 3.39. The van der Waals surface area contributed by atoms with Crippen LogP contribution in [0, 0.1) is 5.92 Å². The molecule has 0 aliphatic heterocycles. The maximum Gasteiger partial charge on any atom is 0.0443 e. The maximum atomic E-state index is 3.77. The van der Waals surface area contributed by atoms with Gasteiger partial charge in [0, 0.05) is 30.1 Å². The predicted molar refractivity (Wildman–Crippen MR) is 73.4 cm³/mol. The second-order valence-corrected chi connectivity index (χ2v) is 6.48. The van der Waals surface area contributed by atoms with E-state index in [9.17, 15) is 0 Å². The Morgan fingerprint density at radius 3 is 2.82 bits per heavy atom. The summed E-state index contributed by atoms with van der Waals surface area (Å²) in [6.45, 7) is 2.32. The molecule has 0 spiro atoms. The van der Waals surface area contributed by atoms with Crippen molar-refractivity contribution in [3.05, 3.63) is 22.4 Å². The lowest BCUT2D eigenvalue weighted by molar-refractivity contribution is 0.311. The number of hydrogen-bond acceptors (Lipinski definition) is 3. The minimum Gasteiger partial charge on any atom is -0.308 e. The maximum absolute atomic E-state index is 3.77. The van der Waals surface area contributed by atoms with Crippen LogP contribution in [0.1, 0.15) is 36.6 Å². The van der Waals surface area contributed by atoms with E-state index in [1.165, 1.54) is 37.1 Å². The summed E-state index contributed by atoms with van der Waals surface area (Å²) in [5.41, 5.74) is 0.